The van der Waals surface area contributed by atoms with Crippen molar-refractivity contribution in [1.82, 2.24) is 0 Å². The van der Waals surface area contributed by atoms with Crippen molar-refractivity contribution < 1.29 is 0 Å². The summed E-state index contributed by atoms with van der Waals surface area (Å²) in [4.78, 5) is 2.10. The van der Waals surface area contributed by atoms with Crippen LogP contribution in [0.25, 0.3) is 5.57 Å². The number of rotatable bonds is 2. The van der Waals surface area contributed by atoms with Crippen LogP contribution in [-0.2, 0) is 0 Å². The van der Waals surface area contributed by atoms with Gasteiger partial charge in [0, 0.05) is 18.1 Å². The fraction of sp³-hybridized carbons (Fsp3) is 0.0909. The SMILES string of the molecule is C=C1/C=C\C=C/N(c2ccccc2)/C=C\C(c2ccccc2C)=C/C1=C.Cc1ccccc1C. The highest BCUT2D eigenvalue weighted by Gasteiger charge is 2.06. The van der Waals surface area contributed by atoms with Crippen LogP contribution >= 0.6 is 0 Å². The quantitative estimate of drug-likeness (QED) is 0.382. The molecule has 0 atom stereocenters. The van der Waals surface area contributed by atoms with E-state index in [1.807, 2.05) is 42.6 Å². The number of nitrogens with zero attached hydrogens (tertiary/aromatic N) is 1. The van der Waals surface area contributed by atoms with Crippen LogP contribution in [0.4, 0.5) is 5.69 Å². The lowest BCUT2D eigenvalue weighted by atomic mass is 9.97. The van der Waals surface area contributed by atoms with Gasteiger partial charge in [-0.15, -0.1) is 0 Å². The maximum Gasteiger partial charge on any atom is 0.0449 e. The number of aryl methyl sites for hydroxylation is 3. The Bertz CT molecular complexity index is 1230. The molecule has 0 saturated carbocycles. The molecule has 1 aliphatic heterocycles. The molecule has 0 radical (unpaired) electrons. The van der Waals surface area contributed by atoms with Crippen LogP contribution in [0.2, 0.25) is 0 Å². The van der Waals surface area contributed by atoms with E-state index in [0.29, 0.717) is 0 Å². The fourth-order valence-corrected chi connectivity index (χ4v) is 3.46. The van der Waals surface area contributed by atoms with Crippen molar-refractivity contribution in [1.29, 1.82) is 0 Å². The molecule has 0 unspecified atom stereocenters. The van der Waals surface area contributed by atoms with Gasteiger partial charge in [-0.2, -0.15) is 0 Å². The van der Waals surface area contributed by atoms with Crippen molar-refractivity contribution >= 4 is 11.3 Å². The van der Waals surface area contributed by atoms with E-state index in [9.17, 15) is 0 Å². The van der Waals surface area contributed by atoms with Crippen molar-refractivity contribution in [2.75, 3.05) is 4.90 Å². The third-order valence-corrected chi connectivity index (χ3v) is 5.75. The number of hydrogen-bond acceptors (Lipinski definition) is 1. The molecule has 1 heteroatoms. The summed E-state index contributed by atoms with van der Waals surface area (Å²) in [5.41, 5.74) is 9.19. The molecular weight excluding hydrogens is 410 g/mol. The Morgan fingerprint density at radius 1 is 0.559 bits per heavy atom. The molecule has 170 valence electrons. The maximum absolute atomic E-state index is 4.18. The topological polar surface area (TPSA) is 3.24 Å². The molecule has 0 aromatic heterocycles. The van der Waals surface area contributed by atoms with E-state index >= 15 is 0 Å². The number of allylic oxidation sites excluding steroid dienone is 8. The molecule has 1 heterocycles. The van der Waals surface area contributed by atoms with Gasteiger partial charge in [-0.3, -0.25) is 0 Å². The number of para-hydroxylation sites is 1. The first-order valence-electron chi connectivity index (χ1n) is 11.5. The largest absolute Gasteiger partial charge is 0.324 e. The molecule has 0 amide bonds. The van der Waals surface area contributed by atoms with E-state index in [0.717, 1.165) is 22.4 Å². The van der Waals surface area contributed by atoms with Gasteiger partial charge in [0.05, 0.1) is 0 Å². The molecule has 0 aliphatic carbocycles. The number of hydrogen-bond donors (Lipinski definition) is 0. The maximum atomic E-state index is 4.18. The zero-order valence-corrected chi connectivity index (χ0v) is 20.4. The molecule has 0 bridgehead atoms. The van der Waals surface area contributed by atoms with Crippen LogP contribution in [0.5, 0.6) is 0 Å². The van der Waals surface area contributed by atoms with E-state index in [-0.39, 0.29) is 0 Å². The van der Waals surface area contributed by atoms with Crippen LogP contribution in [0.1, 0.15) is 22.3 Å². The summed E-state index contributed by atoms with van der Waals surface area (Å²) in [5, 5.41) is 0. The molecule has 0 saturated heterocycles. The summed E-state index contributed by atoms with van der Waals surface area (Å²) < 4.78 is 0. The Morgan fingerprint density at radius 2 is 1.15 bits per heavy atom. The number of benzene rings is 3. The zero-order chi connectivity index (χ0) is 24.3. The van der Waals surface area contributed by atoms with Crippen LogP contribution in [0, 0.1) is 20.8 Å². The summed E-state index contributed by atoms with van der Waals surface area (Å²) in [5.74, 6) is 0. The smallest absolute Gasteiger partial charge is 0.0449 e. The Hall–Kier alpha value is -4.10. The predicted molar refractivity (Wildman–Crippen MR) is 150 cm³/mol. The minimum atomic E-state index is 0.905. The second-order valence-corrected chi connectivity index (χ2v) is 8.31. The first-order valence-corrected chi connectivity index (χ1v) is 11.5. The van der Waals surface area contributed by atoms with Crippen LogP contribution in [0.15, 0.2) is 146 Å². The van der Waals surface area contributed by atoms with Crippen molar-refractivity contribution in [3.8, 4) is 0 Å². The lowest BCUT2D eigenvalue weighted by Crippen LogP contribution is -2.06. The zero-order valence-electron chi connectivity index (χ0n) is 20.4. The lowest BCUT2D eigenvalue weighted by molar-refractivity contribution is 1.28. The second kappa shape index (κ2) is 12.2. The first-order chi connectivity index (χ1) is 16.5. The summed E-state index contributed by atoms with van der Waals surface area (Å²) >= 11 is 0. The van der Waals surface area contributed by atoms with Crippen LogP contribution < -0.4 is 4.90 Å². The number of anilines is 1. The second-order valence-electron chi connectivity index (χ2n) is 8.31. The fourth-order valence-electron chi connectivity index (χ4n) is 3.46. The van der Waals surface area contributed by atoms with Gasteiger partial charge in [-0.1, -0.05) is 92.0 Å². The Balaban J connectivity index is 0.000000343. The highest BCUT2D eigenvalue weighted by Crippen LogP contribution is 2.25. The highest BCUT2D eigenvalue weighted by atomic mass is 15.1. The summed E-state index contributed by atoms with van der Waals surface area (Å²) in [6.45, 7) is 14.7. The summed E-state index contributed by atoms with van der Waals surface area (Å²) in [6, 6.07) is 27.0. The molecule has 1 nitrogen and oxygen atoms in total. The standard InChI is InChI=1S/C25H23N.C8H10/c1-20-11-9-10-17-26(24-13-5-4-6-14-24)18-16-23(19-22(20)3)25-15-8-7-12-21(25)2;1-7-5-3-4-6-8(7)2/h4-19H,1,3H2,2H3;3-6H,1-2H3/b11-9-,17-10-,18-16-,23-19+;. The van der Waals surface area contributed by atoms with Crippen molar-refractivity contribution in [2.45, 2.75) is 20.8 Å². The minimum absolute atomic E-state index is 0.905. The van der Waals surface area contributed by atoms with Gasteiger partial charge in [0.25, 0.3) is 0 Å². The Labute approximate surface area is 205 Å². The van der Waals surface area contributed by atoms with Crippen LogP contribution in [-0.4, -0.2) is 0 Å². The molecule has 0 fully saturated rings. The van der Waals surface area contributed by atoms with E-state index in [4.69, 9.17) is 0 Å². The molecule has 0 N–H and O–H groups in total. The van der Waals surface area contributed by atoms with Gasteiger partial charge < -0.3 is 4.90 Å². The van der Waals surface area contributed by atoms with Crippen LogP contribution in [0.3, 0.4) is 0 Å². The molecular formula is C33H33N. The first kappa shape index (κ1) is 24.5. The minimum Gasteiger partial charge on any atom is -0.324 e. The normalized spacial score (nSPS) is 18.0. The third-order valence-electron chi connectivity index (χ3n) is 5.75. The van der Waals surface area contributed by atoms with Gasteiger partial charge in [0.15, 0.2) is 0 Å². The van der Waals surface area contributed by atoms with Crippen molar-refractivity contribution in [2.24, 2.45) is 0 Å². The molecule has 3 aromatic rings. The highest BCUT2D eigenvalue weighted by molar-refractivity contribution is 5.79. The van der Waals surface area contributed by atoms with E-state index < -0.39 is 0 Å². The van der Waals surface area contributed by atoms with Gasteiger partial charge in [0.2, 0.25) is 0 Å². The van der Waals surface area contributed by atoms with Gasteiger partial charge in [-0.05, 0) is 90.1 Å². The van der Waals surface area contributed by atoms with E-state index in [1.165, 1.54) is 22.3 Å². The summed E-state index contributed by atoms with van der Waals surface area (Å²) in [7, 11) is 0. The van der Waals surface area contributed by atoms with Gasteiger partial charge >= 0.3 is 0 Å². The van der Waals surface area contributed by atoms with Gasteiger partial charge in [-0.25, -0.2) is 0 Å². The molecule has 1 aliphatic rings. The average molecular weight is 444 g/mol. The van der Waals surface area contributed by atoms with Crippen molar-refractivity contribution in [3.05, 3.63) is 168 Å². The summed E-state index contributed by atoms with van der Waals surface area (Å²) in [6.07, 6.45) is 14.3. The monoisotopic (exact) mass is 443 g/mol. The lowest BCUT2D eigenvalue weighted by Gasteiger charge is -2.16. The Kier molecular flexibility index (Phi) is 8.82. The molecule has 34 heavy (non-hydrogen) atoms. The molecule has 0 spiro atoms. The molecule has 3 aromatic carbocycles. The Morgan fingerprint density at radius 3 is 1.76 bits per heavy atom. The van der Waals surface area contributed by atoms with Crippen molar-refractivity contribution in [3.63, 3.8) is 0 Å². The molecule has 4 rings (SSSR count). The predicted octanol–water partition coefficient (Wildman–Crippen LogP) is 8.90. The average Bonchev–Trinajstić information content (AvgIpc) is 2.88. The van der Waals surface area contributed by atoms with E-state index in [2.05, 4.69) is 118 Å². The van der Waals surface area contributed by atoms with E-state index in [1.54, 1.807) is 0 Å². The van der Waals surface area contributed by atoms with Gasteiger partial charge in [0.1, 0.15) is 0 Å². The third kappa shape index (κ3) is 6.95.